The van der Waals surface area contributed by atoms with E-state index in [0.29, 0.717) is 10.8 Å². The van der Waals surface area contributed by atoms with Gasteiger partial charge in [0.25, 0.3) is 0 Å². The first-order chi connectivity index (χ1) is 16.5. The van der Waals surface area contributed by atoms with E-state index in [-0.39, 0.29) is 11.5 Å². The average molecular weight is 493 g/mol. The van der Waals surface area contributed by atoms with E-state index in [9.17, 15) is 0 Å². The topological polar surface area (TPSA) is 111 Å². The zero-order valence-electron chi connectivity index (χ0n) is 18.8. The van der Waals surface area contributed by atoms with Crippen molar-refractivity contribution in [3.05, 3.63) is 65.0 Å². The second kappa shape index (κ2) is 8.11. The minimum absolute atomic E-state index is 0.0395. The van der Waals surface area contributed by atoms with Gasteiger partial charge in [-0.2, -0.15) is 0 Å². The van der Waals surface area contributed by atoms with Crippen molar-refractivity contribution in [1.29, 1.82) is 0 Å². The fourth-order valence-corrected chi connectivity index (χ4v) is 6.52. The number of halogens is 1. The molecule has 1 aliphatic carbocycles. The molecule has 34 heavy (non-hydrogen) atoms. The summed E-state index contributed by atoms with van der Waals surface area (Å²) in [4.78, 5) is 22.5. The van der Waals surface area contributed by atoms with Gasteiger partial charge in [-0.05, 0) is 49.3 Å². The highest BCUT2D eigenvalue weighted by Crippen LogP contribution is 2.50. The molecule has 0 bridgehead atoms. The maximum atomic E-state index is 6.74. The molecule has 2 aliphatic rings. The molecule has 0 aromatic carbocycles. The number of aryl methyl sites for hydroxylation is 1. The minimum Gasteiger partial charge on any atom is -0.382 e. The van der Waals surface area contributed by atoms with E-state index in [0.717, 1.165) is 65.1 Å². The van der Waals surface area contributed by atoms with Crippen LogP contribution in [0.3, 0.4) is 0 Å². The Morgan fingerprint density at radius 2 is 1.94 bits per heavy atom. The summed E-state index contributed by atoms with van der Waals surface area (Å²) >= 11 is 7.91. The lowest BCUT2D eigenvalue weighted by atomic mass is 9.73. The monoisotopic (exact) mass is 492 g/mol. The molecule has 1 fully saturated rings. The normalized spacial score (nSPS) is 19.1. The highest BCUT2D eigenvalue weighted by atomic mass is 35.5. The van der Waals surface area contributed by atoms with E-state index in [2.05, 4.69) is 30.3 Å². The van der Waals surface area contributed by atoms with Gasteiger partial charge in [0, 0.05) is 54.5 Å². The molecule has 6 rings (SSSR count). The molecule has 0 radical (unpaired) electrons. The van der Waals surface area contributed by atoms with Gasteiger partial charge in [0.15, 0.2) is 5.65 Å². The number of fused-ring (bicyclic) bond motifs is 2. The van der Waals surface area contributed by atoms with Gasteiger partial charge in [0.05, 0.1) is 15.6 Å². The van der Waals surface area contributed by atoms with Crippen molar-refractivity contribution in [3.63, 3.8) is 0 Å². The Hall–Kier alpha value is -2.88. The van der Waals surface area contributed by atoms with Crippen LogP contribution in [0.4, 0.5) is 11.8 Å². The molecule has 8 nitrogen and oxygen atoms in total. The van der Waals surface area contributed by atoms with Crippen molar-refractivity contribution in [2.45, 2.75) is 42.0 Å². The number of aromatic nitrogens is 5. The first kappa shape index (κ1) is 21.6. The lowest BCUT2D eigenvalue weighted by Gasteiger charge is -2.42. The zero-order valence-corrected chi connectivity index (χ0v) is 20.4. The van der Waals surface area contributed by atoms with Crippen molar-refractivity contribution in [1.82, 2.24) is 24.3 Å². The van der Waals surface area contributed by atoms with Gasteiger partial charge in [-0.1, -0.05) is 29.4 Å². The van der Waals surface area contributed by atoms with E-state index in [1.165, 1.54) is 17.3 Å². The fourth-order valence-electron chi connectivity index (χ4n) is 5.32. The summed E-state index contributed by atoms with van der Waals surface area (Å²) in [6, 6.07) is 6.02. The number of nitrogens with two attached hydrogens (primary N) is 2. The summed E-state index contributed by atoms with van der Waals surface area (Å²) in [7, 11) is 0. The number of rotatable bonds is 3. The van der Waals surface area contributed by atoms with Crippen LogP contribution in [-0.4, -0.2) is 37.4 Å². The van der Waals surface area contributed by atoms with Crippen LogP contribution in [0.25, 0.3) is 5.65 Å². The van der Waals surface area contributed by atoms with Crippen LogP contribution < -0.4 is 16.4 Å². The van der Waals surface area contributed by atoms with Crippen molar-refractivity contribution >= 4 is 40.8 Å². The summed E-state index contributed by atoms with van der Waals surface area (Å²) in [6.07, 6.45) is 10.3. The quantitative estimate of drug-likeness (QED) is 0.440. The molecule has 4 N–H and O–H groups in total. The molecule has 1 unspecified atom stereocenters. The molecule has 1 aliphatic heterocycles. The smallest absolute Gasteiger partial charge is 0.211 e. The number of hydrogen-bond donors (Lipinski definition) is 2. The third-order valence-corrected chi connectivity index (χ3v) is 8.98. The predicted octanol–water partition coefficient (Wildman–Crippen LogP) is 4.06. The molecule has 4 aromatic rings. The van der Waals surface area contributed by atoms with Crippen LogP contribution in [0, 0.1) is 12.3 Å². The zero-order chi connectivity index (χ0) is 23.4. The number of anilines is 2. The third-order valence-electron chi connectivity index (χ3n) is 7.23. The minimum atomic E-state index is 0.0395. The van der Waals surface area contributed by atoms with Crippen LogP contribution >= 0.6 is 23.4 Å². The molecule has 0 amide bonds. The Bertz CT molecular complexity index is 1400. The van der Waals surface area contributed by atoms with Gasteiger partial charge in [-0.25, -0.2) is 15.0 Å². The van der Waals surface area contributed by atoms with E-state index in [1.807, 2.05) is 37.6 Å². The molecule has 4 aromatic heterocycles. The van der Waals surface area contributed by atoms with Gasteiger partial charge in [0.1, 0.15) is 5.82 Å². The number of nitrogens with zero attached hydrogens (tertiary/aromatic N) is 6. The van der Waals surface area contributed by atoms with E-state index >= 15 is 0 Å². The van der Waals surface area contributed by atoms with Gasteiger partial charge in [0.2, 0.25) is 5.95 Å². The maximum Gasteiger partial charge on any atom is 0.211 e. The molecule has 1 spiro atoms. The van der Waals surface area contributed by atoms with E-state index < -0.39 is 0 Å². The molecule has 174 valence electrons. The molecule has 5 heterocycles. The Labute approximate surface area is 206 Å². The second-order valence-corrected chi connectivity index (χ2v) is 10.5. The van der Waals surface area contributed by atoms with Crippen LogP contribution in [0.15, 0.2) is 52.8 Å². The summed E-state index contributed by atoms with van der Waals surface area (Å²) in [5.41, 5.74) is 16.8. The lowest BCUT2D eigenvalue weighted by Crippen LogP contribution is -2.45. The standard InChI is InChI=1S/C24H25ClN8S/c1-14-19(34-17-4-8-29-21(27)18(17)25)22-30-9-12-33(22)23(31-14)32-10-5-24(6-11-32)13-16-15(20(24)26)3-2-7-28-16/h2-4,7-9,12,20H,5-6,10-11,13,26H2,1H3,(H2,27,29). The van der Waals surface area contributed by atoms with E-state index in [1.54, 1.807) is 6.20 Å². The number of pyridine rings is 2. The summed E-state index contributed by atoms with van der Waals surface area (Å²) in [5.74, 6) is 1.23. The number of hydrogen-bond acceptors (Lipinski definition) is 8. The summed E-state index contributed by atoms with van der Waals surface area (Å²) < 4.78 is 2.07. The van der Waals surface area contributed by atoms with Crippen molar-refractivity contribution < 1.29 is 0 Å². The van der Waals surface area contributed by atoms with Gasteiger partial charge in [-0.3, -0.25) is 9.38 Å². The molecular weight excluding hydrogens is 468 g/mol. The van der Waals surface area contributed by atoms with Crippen LogP contribution in [-0.2, 0) is 6.42 Å². The van der Waals surface area contributed by atoms with Gasteiger partial charge in [-0.15, -0.1) is 0 Å². The fraction of sp³-hybridized carbons (Fsp3) is 0.333. The Morgan fingerprint density at radius 1 is 1.12 bits per heavy atom. The Balaban J connectivity index is 1.29. The number of imidazole rings is 1. The molecule has 10 heteroatoms. The van der Waals surface area contributed by atoms with Crippen molar-refractivity contribution in [3.8, 4) is 0 Å². The highest BCUT2D eigenvalue weighted by molar-refractivity contribution is 7.99. The predicted molar refractivity (Wildman–Crippen MR) is 134 cm³/mol. The van der Waals surface area contributed by atoms with Gasteiger partial charge < -0.3 is 16.4 Å². The van der Waals surface area contributed by atoms with E-state index in [4.69, 9.17) is 28.1 Å². The SMILES string of the molecule is Cc1nc(N2CCC3(CC2)Cc2ncccc2C3N)n2ccnc2c1Sc1ccnc(N)c1Cl. The summed E-state index contributed by atoms with van der Waals surface area (Å²) in [6.45, 7) is 3.79. The Morgan fingerprint density at radius 3 is 2.74 bits per heavy atom. The van der Waals surface area contributed by atoms with Crippen molar-refractivity contribution in [2.75, 3.05) is 23.7 Å². The number of nitrogen functional groups attached to an aromatic ring is 1. The molecule has 1 saturated heterocycles. The van der Waals surface area contributed by atoms with Crippen LogP contribution in [0.1, 0.15) is 35.8 Å². The second-order valence-electron chi connectivity index (χ2n) is 9.10. The summed E-state index contributed by atoms with van der Waals surface area (Å²) in [5, 5.41) is 0.449. The Kier molecular flexibility index (Phi) is 5.16. The van der Waals surface area contributed by atoms with Crippen LogP contribution in [0.2, 0.25) is 5.02 Å². The molecular formula is C24H25ClN8S. The molecule has 1 atom stereocenters. The third kappa shape index (κ3) is 3.33. The van der Waals surface area contributed by atoms with Gasteiger partial charge >= 0.3 is 0 Å². The molecule has 0 saturated carbocycles. The largest absolute Gasteiger partial charge is 0.382 e. The maximum absolute atomic E-state index is 6.74. The lowest BCUT2D eigenvalue weighted by molar-refractivity contribution is 0.186. The first-order valence-electron chi connectivity index (χ1n) is 11.3. The highest BCUT2D eigenvalue weighted by Gasteiger charge is 2.46. The van der Waals surface area contributed by atoms with Crippen molar-refractivity contribution in [2.24, 2.45) is 11.1 Å². The van der Waals surface area contributed by atoms with Crippen LogP contribution in [0.5, 0.6) is 0 Å². The number of piperidine rings is 1. The first-order valence-corrected chi connectivity index (χ1v) is 12.5. The average Bonchev–Trinajstić information content (AvgIpc) is 3.43.